The average Bonchev–Trinajstić information content (AvgIpc) is 2.57. The molecule has 0 bridgehead atoms. The van der Waals surface area contributed by atoms with E-state index in [4.69, 9.17) is 5.11 Å². The Bertz CT molecular complexity index is 739. The molecule has 0 aliphatic heterocycles. The number of amides is 1. The van der Waals surface area contributed by atoms with E-state index in [-0.39, 0.29) is 29.8 Å². The number of carbonyl (C=O) groups is 1. The number of aliphatic hydroxyl groups is 1. The zero-order valence-electron chi connectivity index (χ0n) is 13.6. The predicted molar refractivity (Wildman–Crippen MR) is 89.5 cm³/mol. The topological polar surface area (TPSA) is 84.2 Å². The molecule has 0 aliphatic carbocycles. The number of fused-ring (bicyclic) bond motifs is 1. The molecular formula is C17H23N3O3. The van der Waals surface area contributed by atoms with Gasteiger partial charge in [0.15, 0.2) is 5.69 Å². The van der Waals surface area contributed by atoms with Crippen molar-refractivity contribution in [3.63, 3.8) is 0 Å². The van der Waals surface area contributed by atoms with E-state index >= 15 is 0 Å². The molecule has 1 amide bonds. The minimum Gasteiger partial charge on any atom is -0.394 e. The predicted octanol–water partition coefficient (Wildman–Crippen LogP) is 1.70. The van der Waals surface area contributed by atoms with Gasteiger partial charge in [-0.1, -0.05) is 38.0 Å². The summed E-state index contributed by atoms with van der Waals surface area (Å²) < 4.78 is 1.37. The summed E-state index contributed by atoms with van der Waals surface area (Å²) in [6.45, 7) is 4.14. The third-order valence-electron chi connectivity index (χ3n) is 3.71. The molecule has 6 heteroatoms. The molecule has 1 aromatic carbocycles. The Labute approximate surface area is 135 Å². The number of aliphatic hydroxyl groups excluding tert-OH is 1. The molecule has 1 atom stereocenters. The Hall–Kier alpha value is -2.21. The first-order valence-corrected chi connectivity index (χ1v) is 8.00. The summed E-state index contributed by atoms with van der Waals surface area (Å²) in [5, 5.41) is 17.1. The SMILES string of the molecule is CCCCCn1nc(C(=O)NC(C)CO)c2ccccc2c1=O. The lowest BCUT2D eigenvalue weighted by atomic mass is 10.1. The summed E-state index contributed by atoms with van der Waals surface area (Å²) in [5.41, 5.74) is 0.0421. The molecule has 2 aromatic rings. The summed E-state index contributed by atoms with van der Waals surface area (Å²) >= 11 is 0. The first-order valence-electron chi connectivity index (χ1n) is 8.00. The maximum absolute atomic E-state index is 12.5. The molecule has 1 unspecified atom stereocenters. The first kappa shape index (κ1) is 17.1. The van der Waals surface area contributed by atoms with Crippen LogP contribution >= 0.6 is 0 Å². The summed E-state index contributed by atoms with van der Waals surface area (Å²) in [4.78, 5) is 24.9. The van der Waals surface area contributed by atoms with Crippen LogP contribution in [0.5, 0.6) is 0 Å². The third kappa shape index (κ3) is 3.96. The highest BCUT2D eigenvalue weighted by Crippen LogP contribution is 2.13. The number of hydrogen-bond donors (Lipinski definition) is 2. The second-order valence-electron chi connectivity index (χ2n) is 5.69. The third-order valence-corrected chi connectivity index (χ3v) is 3.71. The Balaban J connectivity index is 2.47. The van der Waals surface area contributed by atoms with Crippen molar-refractivity contribution in [2.75, 3.05) is 6.61 Å². The van der Waals surface area contributed by atoms with Crippen LogP contribution in [-0.4, -0.2) is 33.4 Å². The Morgan fingerprint density at radius 1 is 1.30 bits per heavy atom. The van der Waals surface area contributed by atoms with E-state index in [2.05, 4.69) is 17.3 Å². The van der Waals surface area contributed by atoms with E-state index in [1.807, 2.05) is 0 Å². The van der Waals surface area contributed by atoms with E-state index in [1.54, 1.807) is 31.2 Å². The van der Waals surface area contributed by atoms with Crippen molar-refractivity contribution in [3.8, 4) is 0 Å². The van der Waals surface area contributed by atoms with Gasteiger partial charge in [0.1, 0.15) is 0 Å². The van der Waals surface area contributed by atoms with Crippen LogP contribution in [0.1, 0.15) is 43.6 Å². The van der Waals surface area contributed by atoms with E-state index in [9.17, 15) is 9.59 Å². The molecule has 2 rings (SSSR count). The van der Waals surface area contributed by atoms with Crippen molar-refractivity contribution >= 4 is 16.7 Å². The number of nitrogens with zero attached hydrogens (tertiary/aromatic N) is 2. The van der Waals surface area contributed by atoms with Crippen LogP contribution < -0.4 is 10.9 Å². The van der Waals surface area contributed by atoms with Crippen molar-refractivity contribution < 1.29 is 9.90 Å². The van der Waals surface area contributed by atoms with Crippen LogP contribution in [0.2, 0.25) is 0 Å². The summed E-state index contributed by atoms with van der Waals surface area (Å²) in [7, 11) is 0. The van der Waals surface area contributed by atoms with Gasteiger partial charge in [-0.15, -0.1) is 0 Å². The molecule has 0 saturated carbocycles. The number of rotatable bonds is 7. The van der Waals surface area contributed by atoms with Crippen LogP contribution in [0.3, 0.4) is 0 Å². The molecule has 0 spiro atoms. The second-order valence-corrected chi connectivity index (χ2v) is 5.69. The molecular weight excluding hydrogens is 294 g/mol. The normalized spacial score (nSPS) is 12.3. The molecule has 23 heavy (non-hydrogen) atoms. The van der Waals surface area contributed by atoms with Crippen molar-refractivity contribution in [3.05, 3.63) is 40.3 Å². The number of hydrogen-bond acceptors (Lipinski definition) is 4. The maximum Gasteiger partial charge on any atom is 0.274 e. The van der Waals surface area contributed by atoms with Gasteiger partial charge in [-0.3, -0.25) is 9.59 Å². The van der Waals surface area contributed by atoms with Crippen molar-refractivity contribution in [2.24, 2.45) is 0 Å². The monoisotopic (exact) mass is 317 g/mol. The van der Waals surface area contributed by atoms with Gasteiger partial charge in [0.05, 0.1) is 12.0 Å². The van der Waals surface area contributed by atoms with Crippen LogP contribution in [0.4, 0.5) is 0 Å². The molecule has 2 N–H and O–H groups in total. The largest absolute Gasteiger partial charge is 0.394 e. The molecule has 0 saturated heterocycles. The van der Waals surface area contributed by atoms with Crippen molar-refractivity contribution in [1.82, 2.24) is 15.1 Å². The van der Waals surface area contributed by atoms with Gasteiger partial charge in [-0.2, -0.15) is 5.10 Å². The molecule has 0 aliphatic rings. The number of carbonyl (C=O) groups excluding carboxylic acids is 1. The Morgan fingerprint density at radius 2 is 2.00 bits per heavy atom. The maximum atomic E-state index is 12.5. The molecule has 124 valence electrons. The number of nitrogens with one attached hydrogen (secondary N) is 1. The minimum absolute atomic E-state index is 0.153. The van der Waals surface area contributed by atoms with Crippen LogP contribution in [0.25, 0.3) is 10.8 Å². The summed E-state index contributed by atoms with van der Waals surface area (Å²) in [6, 6.07) is 6.61. The van der Waals surface area contributed by atoms with Gasteiger partial charge in [0, 0.05) is 18.0 Å². The number of unbranched alkanes of at least 4 members (excludes halogenated alkanes) is 2. The van der Waals surface area contributed by atoms with Crippen LogP contribution in [0.15, 0.2) is 29.1 Å². The van der Waals surface area contributed by atoms with Crippen molar-refractivity contribution in [1.29, 1.82) is 0 Å². The van der Waals surface area contributed by atoms with Crippen molar-refractivity contribution in [2.45, 2.75) is 45.7 Å². The van der Waals surface area contributed by atoms with Gasteiger partial charge in [0.25, 0.3) is 11.5 Å². The van der Waals surface area contributed by atoms with Gasteiger partial charge in [-0.05, 0) is 19.4 Å². The Morgan fingerprint density at radius 3 is 2.65 bits per heavy atom. The molecule has 1 heterocycles. The lowest BCUT2D eigenvalue weighted by Crippen LogP contribution is -2.37. The fourth-order valence-corrected chi connectivity index (χ4v) is 2.40. The zero-order chi connectivity index (χ0) is 16.8. The minimum atomic E-state index is -0.382. The highest BCUT2D eigenvalue weighted by Gasteiger charge is 2.17. The summed E-state index contributed by atoms with van der Waals surface area (Å²) in [5.74, 6) is -0.382. The number of aryl methyl sites for hydroxylation is 1. The highest BCUT2D eigenvalue weighted by molar-refractivity contribution is 6.04. The van der Waals surface area contributed by atoms with Crippen LogP contribution in [-0.2, 0) is 6.54 Å². The lowest BCUT2D eigenvalue weighted by Gasteiger charge is -2.13. The molecule has 6 nitrogen and oxygen atoms in total. The van der Waals surface area contributed by atoms with E-state index in [1.165, 1.54) is 4.68 Å². The van der Waals surface area contributed by atoms with E-state index in [0.29, 0.717) is 17.3 Å². The first-order chi connectivity index (χ1) is 11.1. The van der Waals surface area contributed by atoms with Gasteiger partial charge >= 0.3 is 0 Å². The van der Waals surface area contributed by atoms with Gasteiger partial charge in [-0.25, -0.2) is 4.68 Å². The Kier molecular flexibility index (Phi) is 5.87. The zero-order valence-corrected chi connectivity index (χ0v) is 13.6. The quantitative estimate of drug-likeness (QED) is 0.761. The summed E-state index contributed by atoms with van der Waals surface area (Å²) in [6.07, 6.45) is 2.89. The lowest BCUT2D eigenvalue weighted by molar-refractivity contribution is 0.0916. The van der Waals surface area contributed by atoms with E-state index in [0.717, 1.165) is 19.3 Å². The molecule has 0 fully saturated rings. The van der Waals surface area contributed by atoms with E-state index < -0.39 is 0 Å². The molecule has 0 radical (unpaired) electrons. The van der Waals surface area contributed by atoms with Gasteiger partial charge in [0.2, 0.25) is 0 Å². The molecule has 1 aromatic heterocycles. The fourth-order valence-electron chi connectivity index (χ4n) is 2.40. The van der Waals surface area contributed by atoms with Crippen LogP contribution in [0, 0.1) is 0 Å². The second kappa shape index (κ2) is 7.87. The highest BCUT2D eigenvalue weighted by atomic mass is 16.3. The average molecular weight is 317 g/mol. The number of aromatic nitrogens is 2. The number of benzene rings is 1. The standard InChI is InChI=1S/C17H23N3O3/c1-3-4-7-10-20-17(23)14-9-6-5-8-13(14)15(19-20)16(22)18-12(2)11-21/h5-6,8-9,12,21H,3-4,7,10-11H2,1-2H3,(H,18,22). The fraction of sp³-hybridized carbons (Fsp3) is 0.471. The smallest absolute Gasteiger partial charge is 0.274 e. The van der Waals surface area contributed by atoms with Gasteiger partial charge < -0.3 is 10.4 Å².